The molecular weight excluding hydrogens is 625 g/mol. The molecule has 0 saturated carbocycles. The van der Waals surface area contributed by atoms with Gasteiger partial charge in [0.1, 0.15) is 11.2 Å². The standard InChI is InChI=1S/C46H28N4O/c47-29-30-9-7-14-37(27-30)33-19-23-36(24-20-33)45-48-44(35-21-17-32(18-22-35)31-10-3-1-4-11-31)49-46(50-45)38-25-26-40-42(28-38)51-41-16-8-15-39(43(40)41)34-12-5-2-6-13-34/h1-28H. The van der Waals surface area contributed by atoms with Crippen LogP contribution in [0.1, 0.15) is 5.56 Å². The molecule has 0 unspecified atom stereocenters. The van der Waals surface area contributed by atoms with E-state index >= 15 is 0 Å². The van der Waals surface area contributed by atoms with Crippen molar-refractivity contribution in [2.75, 3.05) is 0 Å². The maximum atomic E-state index is 9.39. The van der Waals surface area contributed by atoms with Gasteiger partial charge in [-0.25, -0.2) is 15.0 Å². The highest BCUT2D eigenvalue weighted by molar-refractivity contribution is 6.13. The summed E-state index contributed by atoms with van der Waals surface area (Å²) in [5.41, 5.74) is 11.3. The van der Waals surface area contributed by atoms with Crippen molar-refractivity contribution in [3.8, 4) is 73.6 Å². The van der Waals surface area contributed by atoms with Gasteiger partial charge in [-0.2, -0.15) is 5.26 Å². The molecule has 0 aliphatic rings. The molecule has 0 saturated heterocycles. The van der Waals surface area contributed by atoms with Gasteiger partial charge in [-0.3, -0.25) is 0 Å². The number of hydrogen-bond donors (Lipinski definition) is 0. The molecule has 5 heteroatoms. The van der Waals surface area contributed by atoms with Gasteiger partial charge >= 0.3 is 0 Å². The second-order valence-corrected chi connectivity index (χ2v) is 12.4. The first-order valence-electron chi connectivity index (χ1n) is 16.7. The summed E-state index contributed by atoms with van der Waals surface area (Å²) in [6.07, 6.45) is 0. The first-order chi connectivity index (χ1) is 25.2. The summed E-state index contributed by atoms with van der Waals surface area (Å²) in [6, 6.07) is 59.3. The van der Waals surface area contributed by atoms with Crippen LogP contribution >= 0.6 is 0 Å². The Morgan fingerprint density at radius 3 is 1.55 bits per heavy atom. The fourth-order valence-corrected chi connectivity index (χ4v) is 6.61. The molecule has 7 aromatic carbocycles. The molecule has 9 aromatic rings. The van der Waals surface area contributed by atoms with Crippen LogP contribution in [0.3, 0.4) is 0 Å². The Kier molecular flexibility index (Phi) is 7.46. The van der Waals surface area contributed by atoms with Gasteiger partial charge in [-0.1, -0.05) is 140 Å². The lowest BCUT2D eigenvalue weighted by Crippen LogP contribution is -2.00. The smallest absolute Gasteiger partial charge is 0.164 e. The molecule has 0 aliphatic heterocycles. The van der Waals surface area contributed by atoms with Gasteiger partial charge in [0.25, 0.3) is 0 Å². The molecule has 5 nitrogen and oxygen atoms in total. The van der Waals surface area contributed by atoms with E-state index in [4.69, 9.17) is 19.4 Å². The highest BCUT2D eigenvalue weighted by Crippen LogP contribution is 2.38. The fourth-order valence-electron chi connectivity index (χ4n) is 6.61. The lowest BCUT2D eigenvalue weighted by molar-refractivity contribution is 0.669. The third-order valence-corrected chi connectivity index (χ3v) is 9.19. The van der Waals surface area contributed by atoms with Crippen LogP contribution < -0.4 is 0 Å². The Morgan fingerprint density at radius 1 is 0.392 bits per heavy atom. The largest absolute Gasteiger partial charge is 0.456 e. The number of nitriles is 1. The molecule has 0 spiro atoms. The SMILES string of the molecule is N#Cc1cccc(-c2ccc(-c3nc(-c4ccc(-c5ccccc5)cc4)nc(-c4ccc5c(c4)oc4cccc(-c6ccccc6)c45)n3)cc2)c1. The molecule has 0 N–H and O–H groups in total. The number of nitrogens with zero attached hydrogens (tertiary/aromatic N) is 4. The zero-order valence-electron chi connectivity index (χ0n) is 27.4. The summed E-state index contributed by atoms with van der Waals surface area (Å²) in [5, 5.41) is 11.5. The Balaban J connectivity index is 1.16. The van der Waals surface area contributed by atoms with Crippen molar-refractivity contribution in [2.24, 2.45) is 0 Å². The van der Waals surface area contributed by atoms with Crippen LogP contribution in [0.5, 0.6) is 0 Å². The monoisotopic (exact) mass is 652 g/mol. The number of aromatic nitrogens is 3. The van der Waals surface area contributed by atoms with E-state index in [2.05, 4.69) is 84.9 Å². The normalized spacial score (nSPS) is 11.1. The van der Waals surface area contributed by atoms with Gasteiger partial charge in [-0.05, 0) is 63.7 Å². The molecule has 2 heterocycles. The summed E-state index contributed by atoms with van der Waals surface area (Å²) in [4.78, 5) is 15.0. The maximum Gasteiger partial charge on any atom is 0.164 e. The van der Waals surface area contributed by atoms with Crippen molar-refractivity contribution in [3.63, 3.8) is 0 Å². The zero-order chi connectivity index (χ0) is 34.1. The summed E-state index contributed by atoms with van der Waals surface area (Å²) in [7, 11) is 0. The van der Waals surface area contributed by atoms with Crippen molar-refractivity contribution in [1.82, 2.24) is 15.0 Å². The van der Waals surface area contributed by atoms with Crippen LogP contribution in [0.4, 0.5) is 0 Å². The topological polar surface area (TPSA) is 75.6 Å². The molecule has 2 aromatic heterocycles. The Bertz CT molecular complexity index is 2730. The quantitative estimate of drug-likeness (QED) is 0.179. The molecular formula is C46H28N4O. The van der Waals surface area contributed by atoms with Crippen molar-refractivity contribution < 1.29 is 4.42 Å². The predicted molar refractivity (Wildman–Crippen MR) is 204 cm³/mol. The third kappa shape index (κ3) is 5.71. The highest BCUT2D eigenvalue weighted by atomic mass is 16.3. The van der Waals surface area contributed by atoms with Crippen molar-refractivity contribution >= 4 is 21.9 Å². The summed E-state index contributed by atoms with van der Waals surface area (Å²) < 4.78 is 6.44. The molecule has 0 amide bonds. The van der Waals surface area contributed by atoms with Gasteiger partial charge in [-0.15, -0.1) is 0 Å². The fraction of sp³-hybridized carbons (Fsp3) is 0. The highest BCUT2D eigenvalue weighted by Gasteiger charge is 2.17. The minimum Gasteiger partial charge on any atom is -0.456 e. The van der Waals surface area contributed by atoms with Crippen molar-refractivity contribution in [1.29, 1.82) is 5.26 Å². The van der Waals surface area contributed by atoms with Crippen molar-refractivity contribution in [3.05, 3.63) is 175 Å². The van der Waals surface area contributed by atoms with Crippen LogP contribution in [0, 0.1) is 11.3 Å². The number of rotatable bonds is 6. The lowest BCUT2D eigenvalue weighted by Gasteiger charge is -2.10. The molecule has 0 atom stereocenters. The van der Waals surface area contributed by atoms with Crippen LogP contribution in [-0.2, 0) is 0 Å². The van der Waals surface area contributed by atoms with Crippen LogP contribution in [0.25, 0.3) is 89.5 Å². The van der Waals surface area contributed by atoms with Gasteiger partial charge in [0.15, 0.2) is 17.5 Å². The molecule has 0 bridgehead atoms. The number of furan rings is 1. The van der Waals surface area contributed by atoms with E-state index in [-0.39, 0.29) is 0 Å². The minimum atomic E-state index is 0.554. The van der Waals surface area contributed by atoms with Gasteiger partial charge in [0.2, 0.25) is 0 Å². The van der Waals surface area contributed by atoms with E-state index in [9.17, 15) is 5.26 Å². The first-order valence-corrected chi connectivity index (χ1v) is 16.7. The third-order valence-electron chi connectivity index (χ3n) is 9.19. The van der Waals surface area contributed by atoms with Crippen LogP contribution in [-0.4, -0.2) is 15.0 Å². The van der Waals surface area contributed by atoms with Crippen molar-refractivity contribution in [2.45, 2.75) is 0 Å². The second kappa shape index (κ2) is 12.7. The molecule has 0 fully saturated rings. The molecule has 9 rings (SSSR count). The minimum absolute atomic E-state index is 0.554. The predicted octanol–water partition coefficient (Wildman–Crippen LogP) is 11.6. The zero-order valence-corrected chi connectivity index (χ0v) is 27.4. The van der Waals surface area contributed by atoms with E-state index in [0.29, 0.717) is 23.0 Å². The van der Waals surface area contributed by atoms with E-state index < -0.39 is 0 Å². The van der Waals surface area contributed by atoms with Crippen LogP contribution in [0.15, 0.2) is 174 Å². The van der Waals surface area contributed by atoms with E-state index in [1.807, 2.05) is 91.0 Å². The molecule has 0 aliphatic carbocycles. The number of fused-ring (bicyclic) bond motifs is 3. The van der Waals surface area contributed by atoms with Gasteiger partial charge in [0, 0.05) is 27.5 Å². The summed E-state index contributed by atoms with van der Waals surface area (Å²) in [6.45, 7) is 0. The van der Waals surface area contributed by atoms with Gasteiger partial charge < -0.3 is 4.42 Å². The Labute approximate surface area is 294 Å². The maximum absolute atomic E-state index is 9.39. The molecule has 0 radical (unpaired) electrons. The average Bonchev–Trinajstić information content (AvgIpc) is 3.60. The number of hydrogen-bond acceptors (Lipinski definition) is 5. The Morgan fingerprint density at radius 2 is 0.902 bits per heavy atom. The van der Waals surface area contributed by atoms with E-state index in [1.165, 1.54) is 0 Å². The number of benzene rings is 7. The molecule has 51 heavy (non-hydrogen) atoms. The van der Waals surface area contributed by atoms with Gasteiger partial charge in [0.05, 0.1) is 11.6 Å². The van der Waals surface area contributed by atoms with E-state index in [0.717, 1.165) is 72.0 Å². The van der Waals surface area contributed by atoms with Crippen LogP contribution in [0.2, 0.25) is 0 Å². The lowest BCUT2D eigenvalue weighted by atomic mass is 9.99. The first kappa shape index (κ1) is 29.9. The second-order valence-electron chi connectivity index (χ2n) is 12.4. The Hall–Kier alpha value is -7.16. The average molecular weight is 653 g/mol. The summed E-state index contributed by atoms with van der Waals surface area (Å²) in [5.74, 6) is 1.70. The molecule has 238 valence electrons. The van der Waals surface area contributed by atoms with E-state index in [1.54, 1.807) is 0 Å². The summed E-state index contributed by atoms with van der Waals surface area (Å²) >= 11 is 0.